The van der Waals surface area contributed by atoms with Gasteiger partial charge in [-0.2, -0.15) is 5.10 Å². The Morgan fingerprint density at radius 2 is 2.00 bits per heavy atom. The van der Waals surface area contributed by atoms with Gasteiger partial charge < -0.3 is 10.4 Å². The smallest absolute Gasteiger partial charge is 0.326 e. The molecule has 2 N–H and O–H groups in total. The minimum Gasteiger partial charge on any atom is -0.480 e. The third-order valence-electron chi connectivity index (χ3n) is 3.24. The number of aromatic nitrogens is 2. The summed E-state index contributed by atoms with van der Waals surface area (Å²) in [4.78, 5) is 23.3. The number of carboxylic acid groups (broad SMARTS) is 1. The van der Waals surface area contributed by atoms with Crippen molar-refractivity contribution < 1.29 is 14.7 Å². The Hall–Kier alpha value is -2.63. The zero-order valence-electron chi connectivity index (χ0n) is 11.9. The predicted octanol–water partition coefficient (Wildman–Crippen LogP) is 1.68. The number of aliphatic carboxylic acids is 1. The number of aryl methyl sites for hydroxylation is 1. The summed E-state index contributed by atoms with van der Waals surface area (Å²) < 4.78 is 1.60. The van der Waals surface area contributed by atoms with Crippen LogP contribution in [0.3, 0.4) is 0 Å². The molecule has 0 saturated heterocycles. The van der Waals surface area contributed by atoms with Crippen LogP contribution in [0.4, 0.5) is 0 Å². The summed E-state index contributed by atoms with van der Waals surface area (Å²) in [5, 5.41) is 15.6. The van der Waals surface area contributed by atoms with Gasteiger partial charge in [-0.25, -0.2) is 4.79 Å². The third kappa shape index (κ3) is 3.10. The summed E-state index contributed by atoms with van der Waals surface area (Å²) >= 11 is 0. The van der Waals surface area contributed by atoms with E-state index in [0.717, 1.165) is 5.56 Å². The number of hydrogen-bond acceptors (Lipinski definition) is 3. The van der Waals surface area contributed by atoms with Crippen molar-refractivity contribution in [2.75, 3.05) is 0 Å². The van der Waals surface area contributed by atoms with E-state index in [9.17, 15) is 9.59 Å². The Bertz CT molecular complexity index is 649. The van der Waals surface area contributed by atoms with E-state index in [4.69, 9.17) is 5.11 Å². The Kier molecular flexibility index (Phi) is 4.37. The van der Waals surface area contributed by atoms with Gasteiger partial charge in [0.25, 0.3) is 5.91 Å². The molecule has 0 fully saturated rings. The molecular formula is C15H17N3O3. The topological polar surface area (TPSA) is 84.2 Å². The molecule has 1 aromatic carbocycles. The van der Waals surface area contributed by atoms with Gasteiger partial charge in [0, 0.05) is 12.6 Å². The van der Waals surface area contributed by atoms with Crippen molar-refractivity contribution in [3.05, 3.63) is 42.1 Å². The van der Waals surface area contributed by atoms with E-state index in [-0.39, 0.29) is 0 Å². The quantitative estimate of drug-likeness (QED) is 0.876. The fourth-order valence-corrected chi connectivity index (χ4v) is 2.12. The van der Waals surface area contributed by atoms with Gasteiger partial charge in [-0.05, 0) is 6.42 Å². The lowest BCUT2D eigenvalue weighted by molar-refractivity contribution is -0.139. The highest BCUT2D eigenvalue weighted by atomic mass is 16.4. The van der Waals surface area contributed by atoms with Gasteiger partial charge in [-0.1, -0.05) is 37.3 Å². The summed E-state index contributed by atoms with van der Waals surface area (Å²) in [6.07, 6.45) is 1.77. The van der Waals surface area contributed by atoms with Crippen LogP contribution in [0.25, 0.3) is 11.3 Å². The van der Waals surface area contributed by atoms with Crippen LogP contribution < -0.4 is 5.32 Å². The van der Waals surface area contributed by atoms with Crippen molar-refractivity contribution in [3.8, 4) is 11.3 Å². The predicted molar refractivity (Wildman–Crippen MR) is 77.8 cm³/mol. The molecule has 21 heavy (non-hydrogen) atoms. The van der Waals surface area contributed by atoms with E-state index in [1.807, 2.05) is 30.3 Å². The highest BCUT2D eigenvalue weighted by molar-refractivity contribution is 6.01. The molecule has 6 heteroatoms. The first-order chi connectivity index (χ1) is 10.0. The zero-order valence-corrected chi connectivity index (χ0v) is 11.9. The van der Waals surface area contributed by atoms with Crippen molar-refractivity contribution in [1.29, 1.82) is 0 Å². The molecule has 0 spiro atoms. The maximum absolute atomic E-state index is 12.3. The molecule has 1 heterocycles. The molecule has 0 bridgehead atoms. The summed E-state index contributed by atoms with van der Waals surface area (Å²) in [5.74, 6) is -1.48. The van der Waals surface area contributed by atoms with E-state index in [1.54, 1.807) is 18.7 Å². The summed E-state index contributed by atoms with van der Waals surface area (Å²) in [6.45, 7) is 1.71. The van der Waals surface area contributed by atoms with Crippen LogP contribution in [-0.2, 0) is 11.8 Å². The number of hydrogen-bond donors (Lipinski definition) is 2. The minimum absolute atomic E-state index is 0.321. The van der Waals surface area contributed by atoms with Crippen LogP contribution in [0, 0.1) is 0 Å². The number of benzene rings is 1. The van der Waals surface area contributed by atoms with Gasteiger partial charge in [0.1, 0.15) is 6.04 Å². The van der Waals surface area contributed by atoms with Crippen LogP contribution in [0.2, 0.25) is 0 Å². The average molecular weight is 287 g/mol. The van der Waals surface area contributed by atoms with Gasteiger partial charge in [-0.15, -0.1) is 0 Å². The SMILES string of the molecule is CCC(NC(=O)c1cnn(C)c1-c1ccccc1)C(=O)O. The molecule has 1 aromatic heterocycles. The molecular weight excluding hydrogens is 270 g/mol. The molecule has 1 unspecified atom stereocenters. The van der Waals surface area contributed by atoms with E-state index in [0.29, 0.717) is 17.7 Å². The fraction of sp³-hybridized carbons (Fsp3) is 0.267. The van der Waals surface area contributed by atoms with E-state index >= 15 is 0 Å². The Labute approximate surface area is 122 Å². The van der Waals surface area contributed by atoms with Crippen LogP contribution >= 0.6 is 0 Å². The van der Waals surface area contributed by atoms with Crippen molar-refractivity contribution in [1.82, 2.24) is 15.1 Å². The van der Waals surface area contributed by atoms with Gasteiger partial charge in [-0.3, -0.25) is 9.48 Å². The summed E-state index contributed by atoms with van der Waals surface area (Å²) in [6, 6.07) is 8.48. The Morgan fingerprint density at radius 3 is 2.57 bits per heavy atom. The van der Waals surface area contributed by atoms with Crippen LogP contribution in [0.5, 0.6) is 0 Å². The summed E-state index contributed by atoms with van der Waals surface area (Å²) in [5.41, 5.74) is 1.88. The van der Waals surface area contributed by atoms with Gasteiger partial charge in [0.05, 0.1) is 17.5 Å². The largest absolute Gasteiger partial charge is 0.480 e. The lowest BCUT2D eigenvalue weighted by Gasteiger charge is -2.12. The highest BCUT2D eigenvalue weighted by Crippen LogP contribution is 2.22. The number of nitrogens with one attached hydrogen (secondary N) is 1. The lowest BCUT2D eigenvalue weighted by atomic mass is 10.1. The second kappa shape index (κ2) is 6.21. The summed E-state index contributed by atoms with van der Waals surface area (Å²) in [7, 11) is 1.74. The minimum atomic E-state index is -1.05. The van der Waals surface area contributed by atoms with Gasteiger partial charge >= 0.3 is 5.97 Å². The van der Waals surface area contributed by atoms with Crippen molar-refractivity contribution in [3.63, 3.8) is 0 Å². The monoisotopic (exact) mass is 287 g/mol. The van der Waals surface area contributed by atoms with Crippen LogP contribution in [0.1, 0.15) is 23.7 Å². The number of carboxylic acids is 1. The highest BCUT2D eigenvalue weighted by Gasteiger charge is 2.22. The molecule has 2 rings (SSSR count). The number of carbonyl (C=O) groups is 2. The van der Waals surface area contributed by atoms with E-state index in [1.165, 1.54) is 6.20 Å². The fourth-order valence-electron chi connectivity index (χ4n) is 2.12. The molecule has 0 aliphatic carbocycles. The van der Waals surface area contributed by atoms with Crippen molar-refractivity contribution in [2.45, 2.75) is 19.4 Å². The normalized spacial score (nSPS) is 11.9. The van der Waals surface area contributed by atoms with Gasteiger partial charge in [0.15, 0.2) is 0 Å². The molecule has 1 atom stereocenters. The number of rotatable bonds is 5. The molecule has 2 aromatic rings. The van der Waals surface area contributed by atoms with E-state index in [2.05, 4.69) is 10.4 Å². The third-order valence-corrected chi connectivity index (χ3v) is 3.24. The second-order valence-corrected chi connectivity index (χ2v) is 4.67. The first-order valence-electron chi connectivity index (χ1n) is 6.65. The first kappa shape index (κ1) is 14.8. The molecule has 0 radical (unpaired) electrons. The average Bonchev–Trinajstić information content (AvgIpc) is 2.87. The second-order valence-electron chi connectivity index (χ2n) is 4.67. The van der Waals surface area contributed by atoms with Crippen molar-refractivity contribution >= 4 is 11.9 Å². The molecule has 0 aliphatic rings. The van der Waals surface area contributed by atoms with Crippen LogP contribution in [-0.4, -0.2) is 32.8 Å². The molecule has 1 amide bonds. The molecule has 0 aliphatic heterocycles. The number of amides is 1. The molecule has 6 nitrogen and oxygen atoms in total. The van der Waals surface area contributed by atoms with Gasteiger partial charge in [0.2, 0.25) is 0 Å². The molecule has 0 saturated carbocycles. The maximum Gasteiger partial charge on any atom is 0.326 e. The standard InChI is InChI=1S/C15H17N3O3/c1-3-12(15(20)21)17-14(19)11-9-16-18(2)13(11)10-7-5-4-6-8-10/h4-9,12H,3H2,1-2H3,(H,17,19)(H,20,21). The van der Waals surface area contributed by atoms with Crippen molar-refractivity contribution in [2.24, 2.45) is 7.05 Å². The van der Waals surface area contributed by atoms with Crippen LogP contribution in [0.15, 0.2) is 36.5 Å². The maximum atomic E-state index is 12.3. The zero-order chi connectivity index (χ0) is 15.4. The Morgan fingerprint density at radius 1 is 1.33 bits per heavy atom. The Balaban J connectivity index is 2.33. The number of carbonyl (C=O) groups excluding carboxylic acids is 1. The first-order valence-corrected chi connectivity index (χ1v) is 6.65. The van der Waals surface area contributed by atoms with E-state index < -0.39 is 17.9 Å². The lowest BCUT2D eigenvalue weighted by Crippen LogP contribution is -2.40. The number of nitrogens with zero attached hydrogens (tertiary/aromatic N) is 2. The molecule has 110 valence electrons.